The molecule has 0 saturated carbocycles. The number of nitrogens with zero attached hydrogens (tertiary/aromatic N) is 4. The van der Waals surface area contributed by atoms with E-state index >= 15 is 0 Å². The first-order chi connectivity index (χ1) is 9.73. The number of carbonyl (C=O) groups is 2. The first-order valence-corrected chi connectivity index (χ1v) is 6.86. The van der Waals surface area contributed by atoms with Crippen molar-refractivity contribution in [2.24, 2.45) is 0 Å². The fourth-order valence-corrected chi connectivity index (χ4v) is 2.30. The predicted octanol–water partition coefficient (Wildman–Crippen LogP) is 1.22. The zero-order chi connectivity index (χ0) is 15.8. The van der Waals surface area contributed by atoms with Crippen molar-refractivity contribution >= 4 is 12.1 Å². The zero-order valence-electron chi connectivity index (χ0n) is 12.7. The molecule has 0 bridgehead atoms. The number of carboxylic acids is 1. The summed E-state index contributed by atoms with van der Waals surface area (Å²) in [4.78, 5) is 25.0. The molecule has 2 heterocycles. The standard InChI is InChI=1S/C13H20N4O4/c1-5-17-10-8(11(18)19)6-16(7-9(10)14-15-17)12(20)21-13(2,3)4/h8H,5-7H2,1-4H3,(H,18,19). The maximum atomic E-state index is 12.1. The number of ether oxygens (including phenoxy) is 1. The lowest BCUT2D eigenvalue weighted by atomic mass is 9.98. The van der Waals surface area contributed by atoms with E-state index in [0.717, 1.165) is 0 Å². The van der Waals surface area contributed by atoms with E-state index in [1.54, 1.807) is 25.5 Å². The molecule has 0 saturated heterocycles. The summed E-state index contributed by atoms with van der Waals surface area (Å²) in [7, 11) is 0. The predicted molar refractivity (Wildman–Crippen MR) is 72.7 cm³/mol. The van der Waals surface area contributed by atoms with Crippen LogP contribution in [0.2, 0.25) is 0 Å². The average Bonchev–Trinajstić information content (AvgIpc) is 2.78. The van der Waals surface area contributed by atoms with E-state index in [1.807, 2.05) is 6.92 Å². The van der Waals surface area contributed by atoms with Crippen molar-refractivity contribution in [2.45, 2.75) is 52.3 Å². The lowest BCUT2D eigenvalue weighted by Crippen LogP contribution is -2.43. The van der Waals surface area contributed by atoms with Crippen LogP contribution in [0, 0.1) is 0 Å². The molecule has 0 aromatic carbocycles. The normalized spacial score (nSPS) is 18.3. The maximum absolute atomic E-state index is 12.1. The number of carboxylic acid groups (broad SMARTS) is 1. The topological polar surface area (TPSA) is 97.5 Å². The molecule has 1 N–H and O–H groups in total. The van der Waals surface area contributed by atoms with E-state index in [9.17, 15) is 14.7 Å². The Morgan fingerprint density at radius 1 is 1.43 bits per heavy atom. The molecule has 8 heteroatoms. The summed E-state index contributed by atoms with van der Waals surface area (Å²) < 4.78 is 6.86. The second kappa shape index (κ2) is 5.34. The number of aromatic nitrogens is 3. The first-order valence-electron chi connectivity index (χ1n) is 6.86. The highest BCUT2D eigenvalue weighted by atomic mass is 16.6. The Labute approximate surface area is 122 Å². The van der Waals surface area contributed by atoms with Crippen LogP contribution in [0.1, 0.15) is 45.0 Å². The van der Waals surface area contributed by atoms with Gasteiger partial charge in [0, 0.05) is 13.1 Å². The van der Waals surface area contributed by atoms with Crippen LogP contribution in [0.3, 0.4) is 0 Å². The van der Waals surface area contributed by atoms with Gasteiger partial charge in [0.1, 0.15) is 17.2 Å². The average molecular weight is 296 g/mol. The summed E-state index contributed by atoms with van der Waals surface area (Å²) in [5.41, 5.74) is 0.461. The second-order valence-corrected chi connectivity index (χ2v) is 5.99. The summed E-state index contributed by atoms with van der Waals surface area (Å²) in [6.45, 7) is 7.98. The molecule has 2 rings (SSSR count). The fraction of sp³-hybridized carbons (Fsp3) is 0.692. The summed E-state index contributed by atoms with van der Waals surface area (Å²) in [5, 5.41) is 17.3. The molecule has 1 aliphatic heterocycles. The third-order valence-corrected chi connectivity index (χ3v) is 3.17. The highest BCUT2D eigenvalue weighted by molar-refractivity contribution is 5.78. The number of hydrogen-bond acceptors (Lipinski definition) is 5. The highest BCUT2D eigenvalue weighted by Gasteiger charge is 2.38. The molecule has 1 aliphatic rings. The van der Waals surface area contributed by atoms with Crippen molar-refractivity contribution in [1.29, 1.82) is 0 Å². The van der Waals surface area contributed by atoms with Crippen molar-refractivity contribution in [1.82, 2.24) is 19.9 Å². The van der Waals surface area contributed by atoms with Gasteiger partial charge in [0.05, 0.1) is 12.2 Å². The second-order valence-electron chi connectivity index (χ2n) is 5.99. The third kappa shape index (κ3) is 3.14. The van der Waals surface area contributed by atoms with Gasteiger partial charge < -0.3 is 14.7 Å². The molecular weight excluding hydrogens is 276 g/mol. The summed E-state index contributed by atoms with van der Waals surface area (Å²) in [5.74, 6) is -1.84. The fourth-order valence-electron chi connectivity index (χ4n) is 2.30. The molecule has 1 atom stereocenters. The van der Waals surface area contributed by atoms with Crippen molar-refractivity contribution in [3.63, 3.8) is 0 Å². The summed E-state index contributed by atoms with van der Waals surface area (Å²) in [6.07, 6.45) is -0.537. The molecule has 1 unspecified atom stereocenters. The summed E-state index contributed by atoms with van der Waals surface area (Å²) in [6, 6.07) is 0. The zero-order valence-corrected chi connectivity index (χ0v) is 12.7. The highest BCUT2D eigenvalue weighted by Crippen LogP contribution is 2.28. The molecule has 0 fully saturated rings. The van der Waals surface area contributed by atoms with Crippen LogP contribution in [-0.2, 0) is 22.6 Å². The number of amides is 1. The Morgan fingerprint density at radius 3 is 2.62 bits per heavy atom. The van der Waals surface area contributed by atoms with Crippen LogP contribution >= 0.6 is 0 Å². The van der Waals surface area contributed by atoms with Crippen LogP contribution in [0.25, 0.3) is 0 Å². The monoisotopic (exact) mass is 296 g/mol. The van der Waals surface area contributed by atoms with Gasteiger partial charge in [0.25, 0.3) is 0 Å². The van der Waals surface area contributed by atoms with Crippen molar-refractivity contribution in [3.05, 3.63) is 11.4 Å². The molecule has 0 spiro atoms. The van der Waals surface area contributed by atoms with Gasteiger partial charge in [-0.1, -0.05) is 5.21 Å². The molecule has 1 aromatic rings. The molecule has 1 amide bonds. The van der Waals surface area contributed by atoms with E-state index < -0.39 is 23.6 Å². The van der Waals surface area contributed by atoms with Crippen LogP contribution in [-0.4, -0.2) is 49.2 Å². The van der Waals surface area contributed by atoms with E-state index in [0.29, 0.717) is 17.9 Å². The Bertz CT molecular complexity index is 561. The van der Waals surface area contributed by atoms with Crippen molar-refractivity contribution in [3.8, 4) is 0 Å². The van der Waals surface area contributed by atoms with Crippen LogP contribution in [0.4, 0.5) is 4.79 Å². The van der Waals surface area contributed by atoms with E-state index in [1.165, 1.54) is 4.90 Å². The van der Waals surface area contributed by atoms with Gasteiger partial charge in [-0.3, -0.25) is 4.79 Å². The number of aryl methyl sites for hydroxylation is 1. The van der Waals surface area contributed by atoms with Gasteiger partial charge in [0.15, 0.2) is 0 Å². The SMILES string of the molecule is CCn1nnc2c1C(C(=O)O)CN(C(=O)OC(C)(C)C)C2. The minimum absolute atomic E-state index is 0.0601. The largest absolute Gasteiger partial charge is 0.481 e. The van der Waals surface area contributed by atoms with E-state index in [2.05, 4.69) is 10.3 Å². The number of rotatable bonds is 2. The lowest BCUT2D eigenvalue weighted by Gasteiger charge is -2.32. The van der Waals surface area contributed by atoms with Gasteiger partial charge in [-0.25, -0.2) is 9.48 Å². The Kier molecular flexibility index (Phi) is 3.89. The van der Waals surface area contributed by atoms with Gasteiger partial charge >= 0.3 is 12.1 Å². The number of hydrogen-bond donors (Lipinski definition) is 1. The lowest BCUT2D eigenvalue weighted by molar-refractivity contribution is -0.139. The molecule has 116 valence electrons. The van der Waals surface area contributed by atoms with E-state index in [4.69, 9.17) is 4.74 Å². The Balaban J connectivity index is 2.28. The third-order valence-electron chi connectivity index (χ3n) is 3.17. The molecule has 8 nitrogen and oxygen atoms in total. The van der Waals surface area contributed by atoms with Crippen LogP contribution in [0.15, 0.2) is 0 Å². The maximum Gasteiger partial charge on any atom is 0.410 e. The van der Waals surface area contributed by atoms with Gasteiger partial charge in [-0.15, -0.1) is 5.10 Å². The minimum atomic E-state index is -0.999. The van der Waals surface area contributed by atoms with Gasteiger partial charge in [0.2, 0.25) is 0 Å². The Hall–Kier alpha value is -2.12. The number of aliphatic carboxylic acids is 1. The molecular formula is C13H20N4O4. The molecule has 21 heavy (non-hydrogen) atoms. The quantitative estimate of drug-likeness (QED) is 0.881. The van der Waals surface area contributed by atoms with Gasteiger partial charge in [-0.2, -0.15) is 0 Å². The smallest absolute Gasteiger partial charge is 0.410 e. The molecule has 1 aromatic heterocycles. The van der Waals surface area contributed by atoms with Crippen LogP contribution in [0.5, 0.6) is 0 Å². The molecule has 0 radical (unpaired) electrons. The van der Waals surface area contributed by atoms with Gasteiger partial charge in [-0.05, 0) is 27.7 Å². The summed E-state index contributed by atoms with van der Waals surface area (Å²) >= 11 is 0. The van der Waals surface area contributed by atoms with Crippen molar-refractivity contribution < 1.29 is 19.4 Å². The van der Waals surface area contributed by atoms with E-state index in [-0.39, 0.29) is 13.1 Å². The number of fused-ring (bicyclic) bond motifs is 1. The molecule has 0 aliphatic carbocycles. The minimum Gasteiger partial charge on any atom is -0.481 e. The number of carbonyl (C=O) groups excluding carboxylic acids is 1. The van der Waals surface area contributed by atoms with Crippen LogP contribution < -0.4 is 0 Å². The Morgan fingerprint density at radius 2 is 2.10 bits per heavy atom. The first kappa shape index (κ1) is 15.3. The van der Waals surface area contributed by atoms with Crippen molar-refractivity contribution in [2.75, 3.05) is 6.54 Å².